The van der Waals surface area contributed by atoms with Crippen LogP contribution in [0.3, 0.4) is 0 Å². The predicted molar refractivity (Wildman–Crippen MR) is 80.9 cm³/mol. The first-order valence-electron chi connectivity index (χ1n) is 7.55. The van der Waals surface area contributed by atoms with Crippen molar-refractivity contribution < 1.29 is 0 Å². The summed E-state index contributed by atoms with van der Waals surface area (Å²) in [6.45, 7) is 9.95. The van der Waals surface area contributed by atoms with E-state index in [-0.39, 0.29) is 7.92 Å². The van der Waals surface area contributed by atoms with Gasteiger partial charge in [-0.2, -0.15) is 0 Å². The molecule has 0 bridgehead atoms. The third kappa shape index (κ3) is 3.64. The van der Waals surface area contributed by atoms with Crippen LogP contribution in [0.4, 0.5) is 0 Å². The zero-order valence-corrected chi connectivity index (χ0v) is 12.4. The molecule has 3 atom stereocenters. The lowest BCUT2D eigenvalue weighted by Gasteiger charge is -2.45. The van der Waals surface area contributed by atoms with E-state index in [1.807, 2.05) is 0 Å². The van der Waals surface area contributed by atoms with Gasteiger partial charge in [0.05, 0.1) is 0 Å². The van der Waals surface area contributed by atoms with Gasteiger partial charge < -0.3 is 31.9 Å². The highest BCUT2D eigenvalue weighted by molar-refractivity contribution is 7.59. The molecule has 110 valence electrons. The molecule has 6 nitrogen and oxygen atoms in total. The normalized spacial score (nSPS) is 38.8. The summed E-state index contributed by atoms with van der Waals surface area (Å²) in [5.74, 6) is 1.87. The van der Waals surface area contributed by atoms with E-state index in [4.69, 9.17) is 0 Å². The summed E-state index contributed by atoms with van der Waals surface area (Å²) in [5, 5.41) is 21.9. The van der Waals surface area contributed by atoms with Gasteiger partial charge in [-0.1, -0.05) is 0 Å². The Labute approximate surface area is 117 Å². The fourth-order valence-corrected chi connectivity index (χ4v) is 6.54. The van der Waals surface area contributed by atoms with E-state index in [2.05, 4.69) is 31.9 Å². The topological polar surface area (TPSA) is 72.2 Å². The SMILES string of the molecule is C1CNC(P(C2CNCCN2)C2CNCCN2)CN1. The van der Waals surface area contributed by atoms with E-state index in [9.17, 15) is 0 Å². The highest BCUT2D eigenvalue weighted by Gasteiger charge is 2.36. The monoisotopic (exact) mass is 286 g/mol. The molecule has 3 fully saturated rings. The lowest BCUT2D eigenvalue weighted by Crippen LogP contribution is -2.59. The highest BCUT2D eigenvalue weighted by Crippen LogP contribution is 2.48. The van der Waals surface area contributed by atoms with Gasteiger partial charge >= 0.3 is 0 Å². The van der Waals surface area contributed by atoms with E-state index >= 15 is 0 Å². The number of piperazine rings is 3. The Morgan fingerprint density at radius 2 is 0.895 bits per heavy atom. The summed E-state index contributed by atoms with van der Waals surface area (Å²) < 4.78 is 0. The molecule has 0 aromatic heterocycles. The molecule has 19 heavy (non-hydrogen) atoms. The summed E-state index contributed by atoms with van der Waals surface area (Å²) in [7, 11) is -0.136. The summed E-state index contributed by atoms with van der Waals surface area (Å²) in [6.07, 6.45) is 0. The molecule has 3 aliphatic heterocycles. The van der Waals surface area contributed by atoms with Gasteiger partial charge in [-0.15, -0.1) is 0 Å². The third-order valence-corrected chi connectivity index (χ3v) is 7.39. The zero-order valence-electron chi connectivity index (χ0n) is 11.5. The van der Waals surface area contributed by atoms with Gasteiger partial charge in [0.15, 0.2) is 0 Å². The van der Waals surface area contributed by atoms with Crippen molar-refractivity contribution in [3.8, 4) is 0 Å². The summed E-state index contributed by atoms with van der Waals surface area (Å²) in [6, 6.07) is 0. The Balaban J connectivity index is 1.68. The van der Waals surface area contributed by atoms with E-state index < -0.39 is 0 Å². The fourth-order valence-electron chi connectivity index (χ4n) is 3.20. The molecule has 7 heteroatoms. The number of hydrogen-bond donors (Lipinski definition) is 6. The molecule has 3 rings (SSSR count). The number of nitrogens with one attached hydrogen (secondary N) is 6. The van der Waals surface area contributed by atoms with Crippen LogP contribution in [0.25, 0.3) is 0 Å². The Morgan fingerprint density at radius 3 is 1.16 bits per heavy atom. The lowest BCUT2D eigenvalue weighted by molar-refractivity contribution is 0.447. The summed E-state index contributed by atoms with van der Waals surface area (Å²) >= 11 is 0. The second-order valence-corrected chi connectivity index (χ2v) is 8.23. The van der Waals surface area contributed by atoms with Crippen LogP contribution >= 0.6 is 7.92 Å². The third-order valence-electron chi connectivity index (χ3n) is 4.14. The first-order chi connectivity index (χ1) is 9.45. The Morgan fingerprint density at radius 1 is 0.526 bits per heavy atom. The van der Waals surface area contributed by atoms with Crippen LogP contribution in [-0.4, -0.2) is 76.3 Å². The largest absolute Gasteiger partial charge is 0.314 e. The molecule has 6 N–H and O–H groups in total. The number of hydrogen-bond acceptors (Lipinski definition) is 6. The maximum atomic E-state index is 3.74. The van der Waals surface area contributed by atoms with Crippen molar-refractivity contribution in [2.24, 2.45) is 0 Å². The molecular weight excluding hydrogens is 259 g/mol. The Bertz CT molecular complexity index is 218. The van der Waals surface area contributed by atoms with Gasteiger partial charge in [0.1, 0.15) is 0 Å². The average molecular weight is 286 g/mol. The van der Waals surface area contributed by atoms with Crippen molar-refractivity contribution in [1.29, 1.82) is 0 Å². The van der Waals surface area contributed by atoms with Crippen LogP contribution < -0.4 is 31.9 Å². The van der Waals surface area contributed by atoms with Crippen LogP contribution in [0.2, 0.25) is 0 Å². The van der Waals surface area contributed by atoms with E-state index in [0.717, 1.165) is 58.9 Å². The second-order valence-electron chi connectivity index (χ2n) is 5.47. The highest BCUT2D eigenvalue weighted by atomic mass is 31.1. The standard InChI is InChI=1S/C12H27N6P/c1-4-16-10(7-13-1)19(11-8-14-2-5-17-11)12-9-15-3-6-18-12/h10-18H,1-9H2. The molecule has 0 amide bonds. The van der Waals surface area contributed by atoms with Crippen molar-refractivity contribution in [3.05, 3.63) is 0 Å². The lowest BCUT2D eigenvalue weighted by atomic mass is 10.4. The molecule has 3 saturated heterocycles. The minimum absolute atomic E-state index is 0.136. The van der Waals surface area contributed by atoms with Gasteiger partial charge in [-0.05, 0) is 7.92 Å². The fraction of sp³-hybridized carbons (Fsp3) is 1.00. The number of rotatable bonds is 3. The van der Waals surface area contributed by atoms with Crippen LogP contribution in [0, 0.1) is 0 Å². The van der Waals surface area contributed by atoms with Crippen LogP contribution in [0.5, 0.6) is 0 Å². The van der Waals surface area contributed by atoms with Crippen LogP contribution in [0.15, 0.2) is 0 Å². The van der Waals surface area contributed by atoms with Crippen molar-refractivity contribution in [2.45, 2.75) is 17.3 Å². The maximum Gasteiger partial charge on any atom is 0.0425 e. The van der Waals surface area contributed by atoms with Gasteiger partial charge in [0, 0.05) is 76.3 Å². The Kier molecular flexibility index (Phi) is 5.41. The molecule has 3 heterocycles. The van der Waals surface area contributed by atoms with Crippen molar-refractivity contribution in [2.75, 3.05) is 58.9 Å². The van der Waals surface area contributed by atoms with Gasteiger partial charge in [-0.3, -0.25) is 0 Å². The zero-order chi connectivity index (χ0) is 12.9. The van der Waals surface area contributed by atoms with E-state index in [0.29, 0.717) is 17.3 Å². The second kappa shape index (κ2) is 7.27. The molecular formula is C12H27N6P. The molecule has 0 aliphatic carbocycles. The molecule has 3 unspecified atom stereocenters. The van der Waals surface area contributed by atoms with E-state index in [1.165, 1.54) is 0 Å². The van der Waals surface area contributed by atoms with Crippen molar-refractivity contribution in [3.63, 3.8) is 0 Å². The minimum atomic E-state index is -0.136. The van der Waals surface area contributed by atoms with Crippen molar-refractivity contribution in [1.82, 2.24) is 31.9 Å². The van der Waals surface area contributed by atoms with Gasteiger partial charge in [0.25, 0.3) is 0 Å². The predicted octanol–water partition coefficient (Wildman–Crippen LogP) is -1.97. The van der Waals surface area contributed by atoms with Gasteiger partial charge in [0.2, 0.25) is 0 Å². The molecule has 0 aromatic carbocycles. The maximum absolute atomic E-state index is 3.74. The quantitative estimate of drug-likeness (QED) is 0.338. The Hall–Kier alpha value is 0.190. The molecule has 0 radical (unpaired) electrons. The summed E-state index contributed by atoms with van der Waals surface area (Å²) in [4.78, 5) is 0. The first-order valence-corrected chi connectivity index (χ1v) is 9.10. The molecule has 0 saturated carbocycles. The van der Waals surface area contributed by atoms with Gasteiger partial charge in [-0.25, -0.2) is 0 Å². The molecule has 0 spiro atoms. The smallest absolute Gasteiger partial charge is 0.0425 e. The first kappa shape index (κ1) is 14.1. The average Bonchev–Trinajstić information content (AvgIpc) is 2.51. The summed E-state index contributed by atoms with van der Waals surface area (Å²) in [5.41, 5.74) is 0. The van der Waals surface area contributed by atoms with Crippen LogP contribution in [0.1, 0.15) is 0 Å². The van der Waals surface area contributed by atoms with Crippen molar-refractivity contribution >= 4 is 7.92 Å². The van der Waals surface area contributed by atoms with E-state index in [1.54, 1.807) is 0 Å². The minimum Gasteiger partial charge on any atom is -0.314 e. The molecule has 3 aliphatic rings. The van der Waals surface area contributed by atoms with Crippen LogP contribution in [-0.2, 0) is 0 Å². The molecule has 0 aromatic rings.